The third kappa shape index (κ3) is 4.00. The summed E-state index contributed by atoms with van der Waals surface area (Å²) in [6.07, 6.45) is -3.80. The monoisotopic (exact) mass is 447 g/mol. The van der Waals surface area contributed by atoms with E-state index >= 15 is 0 Å². The van der Waals surface area contributed by atoms with E-state index in [9.17, 15) is 31.1 Å². The third-order valence-electron chi connectivity index (χ3n) is 6.01. The van der Waals surface area contributed by atoms with Gasteiger partial charge < -0.3 is 15.2 Å². The number of fused-ring (bicyclic) bond motifs is 1. The molecule has 168 valence electrons. The van der Waals surface area contributed by atoms with Crippen LogP contribution in [0.15, 0.2) is 12.1 Å². The number of aromatic nitrogens is 3. The fraction of sp³-hybridized carbons (Fsp3) is 0.526. The lowest BCUT2D eigenvalue weighted by atomic mass is 9.75. The maximum Gasteiger partial charge on any atom is 0.451 e. The van der Waals surface area contributed by atoms with Gasteiger partial charge in [-0.25, -0.2) is 13.2 Å². The first-order valence-electron chi connectivity index (χ1n) is 9.74. The second-order valence-electron chi connectivity index (χ2n) is 7.92. The van der Waals surface area contributed by atoms with E-state index in [1.165, 1.54) is 4.90 Å². The van der Waals surface area contributed by atoms with E-state index in [0.717, 1.165) is 10.6 Å². The van der Waals surface area contributed by atoms with Gasteiger partial charge in [0.25, 0.3) is 0 Å². The quantitative estimate of drug-likeness (QED) is 0.567. The Bertz CT molecular complexity index is 1010. The second kappa shape index (κ2) is 7.81. The normalized spacial score (nSPS) is 24.2. The SMILES string of the molecule is N[C@H]1CC(C(=O)N2CCn3c(nnc3C(F)(F)F)C2)CC[C@@H]1c1cc(F)c(F)cc1F. The van der Waals surface area contributed by atoms with Gasteiger partial charge in [-0.1, -0.05) is 0 Å². The highest BCUT2D eigenvalue weighted by Crippen LogP contribution is 2.38. The fourth-order valence-electron chi connectivity index (χ4n) is 4.45. The largest absolute Gasteiger partial charge is 0.451 e. The molecule has 1 aromatic carbocycles. The molecule has 1 aromatic heterocycles. The number of amides is 1. The fourth-order valence-corrected chi connectivity index (χ4v) is 4.45. The van der Waals surface area contributed by atoms with Crippen molar-refractivity contribution in [1.29, 1.82) is 0 Å². The van der Waals surface area contributed by atoms with Crippen LogP contribution in [-0.2, 0) is 24.1 Å². The first-order chi connectivity index (χ1) is 14.6. The lowest BCUT2D eigenvalue weighted by molar-refractivity contribution is -0.148. The van der Waals surface area contributed by atoms with Crippen LogP contribution in [0.3, 0.4) is 0 Å². The van der Waals surface area contributed by atoms with Crippen molar-refractivity contribution in [3.05, 3.63) is 46.8 Å². The van der Waals surface area contributed by atoms with Crippen LogP contribution in [0.1, 0.15) is 42.4 Å². The molecule has 3 atom stereocenters. The van der Waals surface area contributed by atoms with E-state index in [0.29, 0.717) is 18.9 Å². The summed E-state index contributed by atoms with van der Waals surface area (Å²) < 4.78 is 80.7. The molecule has 1 aliphatic carbocycles. The molecule has 12 heteroatoms. The van der Waals surface area contributed by atoms with Crippen molar-refractivity contribution in [2.24, 2.45) is 11.7 Å². The summed E-state index contributed by atoms with van der Waals surface area (Å²) in [7, 11) is 0. The summed E-state index contributed by atoms with van der Waals surface area (Å²) in [5.41, 5.74) is 6.12. The molecule has 1 fully saturated rings. The zero-order chi connectivity index (χ0) is 22.5. The van der Waals surface area contributed by atoms with Gasteiger partial charge in [-0.05, 0) is 30.9 Å². The molecule has 1 unspecified atom stereocenters. The zero-order valence-corrected chi connectivity index (χ0v) is 16.2. The Morgan fingerprint density at radius 3 is 2.42 bits per heavy atom. The van der Waals surface area contributed by atoms with Crippen LogP contribution >= 0.6 is 0 Å². The van der Waals surface area contributed by atoms with E-state index < -0.39 is 47.3 Å². The lowest BCUT2D eigenvalue weighted by Crippen LogP contribution is -2.46. The number of alkyl halides is 3. The molecule has 31 heavy (non-hydrogen) atoms. The van der Waals surface area contributed by atoms with Crippen LogP contribution in [0.25, 0.3) is 0 Å². The minimum absolute atomic E-state index is 0.0250. The summed E-state index contributed by atoms with van der Waals surface area (Å²) in [5.74, 6) is -5.74. The Hall–Kier alpha value is -2.63. The van der Waals surface area contributed by atoms with Crippen LogP contribution in [-0.4, -0.2) is 38.2 Å². The first kappa shape index (κ1) is 21.6. The van der Waals surface area contributed by atoms with Crippen LogP contribution in [0.4, 0.5) is 26.3 Å². The number of carbonyl (C=O) groups excluding carboxylic acids is 1. The number of hydrogen-bond donors (Lipinski definition) is 1. The molecule has 1 saturated carbocycles. The van der Waals surface area contributed by atoms with Crippen molar-refractivity contribution in [3.8, 4) is 0 Å². The molecule has 2 aromatic rings. The maximum absolute atomic E-state index is 14.1. The molecule has 2 aliphatic rings. The number of nitrogens with zero attached hydrogens (tertiary/aromatic N) is 4. The number of hydrogen-bond acceptors (Lipinski definition) is 4. The summed E-state index contributed by atoms with van der Waals surface area (Å²) in [6.45, 7) is -0.112. The number of halogens is 6. The summed E-state index contributed by atoms with van der Waals surface area (Å²) in [6, 6.07) is 0.619. The Morgan fingerprint density at radius 2 is 1.74 bits per heavy atom. The van der Waals surface area contributed by atoms with Gasteiger partial charge in [0.1, 0.15) is 5.82 Å². The Balaban J connectivity index is 1.44. The van der Waals surface area contributed by atoms with Crippen LogP contribution in [0.5, 0.6) is 0 Å². The van der Waals surface area contributed by atoms with Gasteiger partial charge in [-0.2, -0.15) is 13.2 Å². The van der Waals surface area contributed by atoms with Gasteiger partial charge >= 0.3 is 6.18 Å². The Labute approximate surface area is 173 Å². The number of nitrogens with two attached hydrogens (primary N) is 1. The summed E-state index contributed by atoms with van der Waals surface area (Å²) in [4.78, 5) is 14.3. The van der Waals surface area contributed by atoms with Crippen molar-refractivity contribution in [2.45, 2.75) is 50.5 Å². The summed E-state index contributed by atoms with van der Waals surface area (Å²) >= 11 is 0. The predicted molar refractivity (Wildman–Crippen MR) is 94.8 cm³/mol. The third-order valence-corrected chi connectivity index (χ3v) is 6.01. The molecule has 0 radical (unpaired) electrons. The molecule has 0 bridgehead atoms. The maximum atomic E-state index is 14.1. The highest BCUT2D eigenvalue weighted by Gasteiger charge is 2.41. The second-order valence-corrected chi connectivity index (χ2v) is 7.92. The summed E-state index contributed by atoms with van der Waals surface area (Å²) in [5, 5.41) is 6.75. The highest BCUT2D eigenvalue weighted by molar-refractivity contribution is 5.79. The van der Waals surface area contributed by atoms with Crippen molar-refractivity contribution < 1.29 is 31.1 Å². The minimum atomic E-state index is -4.63. The van der Waals surface area contributed by atoms with Gasteiger partial charge in [0.2, 0.25) is 11.7 Å². The van der Waals surface area contributed by atoms with Crippen molar-refractivity contribution >= 4 is 5.91 Å². The first-order valence-corrected chi connectivity index (χ1v) is 9.74. The van der Waals surface area contributed by atoms with Crippen LogP contribution in [0.2, 0.25) is 0 Å². The molecule has 6 nitrogen and oxygen atoms in total. The predicted octanol–water partition coefficient (Wildman–Crippen LogP) is 2.97. The lowest BCUT2D eigenvalue weighted by Gasteiger charge is -2.37. The molecular weight excluding hydrogens is 428 g/mol. The van der Waals surface area contributed by atoms with Gasteiger partial charge in [0, 0.05) is 37.0 Å². The number of benzene rings is 1. The van der Waals surface area contributed by atoms with E-state index in [1.807, 2.05) is 0 Å². The molecule has 1 aliphatic heterocycles. The molecule has 1 amide bonds. The molecule has 0 spiro atoms. The average Bonchev–Trinajstić information content (AvgIpc) is 3.14. The zero-order valence-electron chi connectivity index (χ0n) is 16.2. The topological polar surface area (TPSA) is 77.0 Å². The van der Waals surface area contributed by atoms with Crippen molar-refractivity contribution in [3.63, 3.8) is 0 Å². The standard InChI is InChI=1S/C19H19F6N5O/c20-12-7-14(22)13(21)6-11(12)10-2-1-9(5-15(10)26)17(31)29-3-4-30-16(8-29)27-28-18(30)19(23,24)25/h6-7,9-10,15H,1-5,8,26H2/t9?,10-,15+/m1/s1. The van der Waals surface area contributed by atoms with E-state index in [2.05, 4.69) is 10.2 Å². The number of rotatable bonds is 2. The van der Waals surface area contributed by atoms with Gasteiger partial charge in [-0.15, -0.1) is 10.2 Å². The molecule has 2 N–H and O–H groups in total. The molecule has 2 heterocycles. The van der Waals surface area contributed by atoms with Gasteiger partial charge in [0.05, 0.1) is 6.54 Å². The van der Waals surface area contributed by atoms with Crippen LogP contribution in [0, 0.1) is 23.4 Å². The Kier molecular flexibility index (Phi) is 5.44. The van der Waals surface area contributed by atoms with Gasteiger partial charge in [-0.3, -0.25) is 4.79 Å². The van der Waals surface area contributed by atoms with Crippen molar-refractivity contribution in [2.75, 3.05) is 6.54 Å². The van der Waals surface area contributed by atoms with Gasteiger partial charge in [0.15, 0.2) is 17.5 Å². The highest BCUT2D eigenvalue weighted by atomic mass is 19.4. The van der Waals surface area contributed by atoms with E-state index in [4.69, 9.17) is 5.73 Å². The average molecular weight is 447 g/mol. The minimum Gasteiger partial charge on any atom is -0.333 e. The van der Waals surface area contributed by atoms with E-state index in [1.54, 1.807) is 0 Å². The number of carbonyl (C=O) groups is 1. The van der Waals surface area contributed by atoms with Crippen molar-refractivity contribution in [1.82, 2.24) is 19.7 Å². The molecule has 0 saturated heterocycles. The smallest absolute Gasteiger partial charge is 0.333 e. The van der Waals surface area contributed by atoms with Crippen LogP contribution < -0.4 is 5.73 Å². The Morgan fingerprint density at radius 1 is 1.03 bits per heavy atom. The molecular formula is C19H19F6N5O. The molecule has 4 rings (SSSR count). The van der Waals surface area contributed by atoms with E-state index in [-0.39, 0.29) is 43.4 Å².